The lowest BCUT2D eigenvalue weighted by Gasteiger charge is -2.11. The lowest BCUT2D eigenvalue weighted by atomic mass is 10.2. The van der Waals surface area contributed by atoms with Gasteiger partial charge in [0.05, 0.1) is 5.69 Å². The van der Waals surface area contributed by atoms with Crippen molar-refractivity contribution in [3.8, 4) is 17.5 Å². The SMILES string of the molecule is Cc1[nH]c(-c2ccc(N(C)C)cc2)nc1C#N. The summed E-state index contributed by atoms with van der Waals surface area (Å²) in [5.41, 5.74) is 3.38. The van der Waals surface area contributed by atoms with Crippen molar-refractivity contribution in [1.82, 2.24) is 9.97 Å². The van der Waals surface area contributed by atoms with Gasteiger partial charge in [0.1, 0.15) is 11.9 Å². The van der Waals surface area contributed by atoms with Crippen LogP contribution in [-0.4, -0.2) is 24.1 Å². The second kappa shape index (κ2) is 4.30. The third-order valence-electron chi connectivity index (χ3n) is 2.65. The summed E-state index contributed by atoms with van der Waals surface area (Å²) >= 11 is 0. The van der Waals surface area contributed by atoms with Crippen LogP contribution < -0.4 is 4.90 Å². The highest BCUT2D eigenvalue weighted by molar-refractivity contribution is 5.61. The Balaban J connectivity index is 2.37. The topological polar surface area (TPSA) is 55.7 Å². The summed E-state index contributed by atoms with van der Waals surface area (Å²) < 4.78 is 0. The fourth-order valence-electron chi connectivity index (χ4n) is 1.62. The van der Waals surface area contributed by atoms with Gasteiger partial charge in [0.25, 0.3) is 0 Å². The van der Waals surface area contributed by atoms with Crippen LogP contribution in [0.5, 0.6) is 0 Å². The third-order valence-corrected chi connectivity index (χ3v) is 2.65. The lowest BCUT2D eigenvalue weighted by molar-refractivity contribution is 1.13. The first-order valence-electron chi connectivity index (χ1n) is 5.36. The summed E-state index contributed by atoms with van der Waals surface area (Å²) in [6.45, 7) is 1.85. The van der Waals surface area contributed by atoms with Gasteiger partial charge in [0.2, 0.25) is 0 Å². The molecule has 2 aromatic rings. The molecule has 0 unspecified atom stereocenters. The molecular formula is C13H14N4. The minimum atomic E-state index is 0.455. The first-order chi connectivity index (χ1) is 8.11. The monoisotopic (exact) mass is 226 g/mol. The molecule has 1 heterocycles. The van der Waals surface area contributed by atoms with Crippen molar-refractivity contribution < 1.29 is 0 Å². The van der Waals surface area contributed by atoms with E-state index in [-0.39, 0.29) is 0 Å². The molecule has 4 heteroatoms. The highest BCUT2D eigenvalue weighted by Gasteiger charge is 2.07. The number of anilines is 1. The van der Waals surface area contributed by atoms with Crippen LogP contribution in [0.25, 0.3) is 11.4 Å². The van der Waals surface area contributed by atoms with E-state index in [2.05, 4.69) is 16.0 Å². The molecule has 0 atom stereocenters. The lowest BCUT2D eigenvalue weighted by Crippen LogP contribution is -2.07. The largest absolute Gasteiger partial charge is 0.378 e. The molecule has 0 bridgehead atoms. The molecule has 17 heavy (non-hydrogen) atoms. The van der Waals surface area contributed by atoms with E-state index in [0.29, 0.717) is 5.69 Å². The van der Waals surface area contributed by atoms with E-state index in [1.54, 1.807) is 0 Å². The number of imidazole rings is 1. The summed E-state index contributed by atoms with van der Waals surface area (Å²) in [4.78, 5) is 9.40. The zero-order valence-corrected chi connectivity index (χ0v) is 10.2. The fraction of sp³-hybridized carbons (Fsp3) is 0.231. The molecule has 2 rings (SSSR count). The van der Waals surface area contributed by atoms with Crippen LogP contribution in [-0.2, 0) is 0 Å². The summed E-state index contributed by atoms with van der Waals surface area (Å²) in [6, 6.07) is 10.1. The molecule has 0 saturated heterocycles. The molecule has 0 fully saturated rings. The van der Waals surface area contributed by atoms with Crippen molar-refractivity contribution >= 4 is 5.69 Å². The van der Waals surface area contributed by atoms with Crippen LogP contribution in [0.2, 0.25) is 0 Å². The molecule has 1 N–H and O–H groups in total. The first kappa shape index (κ1) is 11.2. The van der Waals surface area contributed by atoms with Crippen molar-refractivity contribution in [1.29, 1.82) is 5.26 Å². The van der Waals surface area contributed by atoms with E-state index in [1.165, 1.54) is 0 Å². The van der Waals surface area contributed by atoms with E-state index in [1.807, 2.05) is 50.2 Å². The van der Waals surface area contributed by atoms with Crippen molar-refractivity contribution in [2.75, 3.05) is 19.0 Å². The van der Waals surface area contributed by atoms with Gasteiger partial charge in [0.15, 0.2) is 5.69 Å². The quantitative estimate of drug-likeness (QED) is 0.855. The van der Waals surface area contributed by atoms with E-state index in [4.69, 9.17) is 5.26 Å². The third kappa shape index (κ3) is 2.13. The van der Waals surface area contributed by atoms with Crippen LogP contribution in [0.1, 0.15) is 11.4 Å². The summed E-state index contributed by atoms with van der Waals surface area (Å²) in [5.74, 6) is 0.740. The molecule has 86 valence electrons. The Morgan fingerprint density at radius 3 is 2.35 bits per heavy atom. The number of H-pyrrole nitrogens is 1. The standard InChI is InChI=1S/C13H14N4/c1-9-12(8-14)16-13(15-9)10-4-6-11(7-5-10)17(2)3/h4-7H,1-3H3,(H,15,16). The minimum absolute atomic E-state index is 0.455. The molecule has 0 saturated carbocycles. The predicted molar refractivity (Wildman–Crippen MR) is 67.8 cm³/mol. The van der Waals surface area contributed by atoms with Crippen molar-refractivity contribution in [3.05, 3.63) is 35.7 Å². The summed E-state index contributed by atoms with van der Waals surface area (Å²) in [5, 5.41) is 8.86. The molecule has 0 spiro atoms. The molecule has 1 aromatic carbocycles. The smallest absolute Gasteiger partial charge is 0.161 e. The van der Waals surface area contributed by atoms with Crippen LogP contribution in [0.15, 0.2) is 24.3 Å². The Kier molecular flexibility index (Phi) is 2.84. The zero-order chi connectivity index (χ0) is 12.4. The second-order valence-electron chi connectivity index (χ2n) is 4.11. The first-order valence-corrected chi connectivity index (χ1v) is 5.36. The number of hydrogen-bond donors (Lipinski definition) is 1. The summed E-state index contributed by atoms with van der Waals surface area (Å²) in [6.07, 6.45) is 0. The van der Waals surface area contributed by atoms with Gasteiger partial charge in [-0.2, -0.15) is 5.26 Å². The molecule has 0 amide bonds. The number of aromatic nitrogens is 2. The average Bonchev–Trinajstić information content (AvgIpc) is 2.70. The molecule has 0 aliphatic heterocycles. The molecule has 0 radical (unpaired) electrons. The number of hydrogen-bond acceptors (Lipinski definition) is 3. The van der Waals surface area contributed by atoms with Crippen LogP contribution in [0, 0.1) is 18.3 Å². The average molecular weight is 226 g/mol. The second-order valence-corrected chi connectivity index (χ2v) is 4.11. The Labute approximate surface area is 101 Å². The Morgan fingerprint density at radius 1 is 1.24 bits per heavy atom. The van der Waals surface area contributed by atoms with E-state index in [9.17, 15) is 0 Å². The Morgan fingerprint density at radius 2 is 1.88 bits per heavy atom. The van der Waals surface area contributed by atoms with Gasteiger partial charge in [-0.25, -0.2) is 4.98 Å². The molecule has 4 nitrogen and oxygen atoms in total. The highest BCUT2D eigenvalue weighted by Crippen LogP contribution is 2.21. The van der Waals surface area contributed by atoms with Crippen molar-refractivity contribution in [2.45, 2.75) is 6.92 Å². The fourth-order valence-corrected chi connectivity index (χ4v) is 1.62. The van der Waals surface area contributed by atoms with Crippen LogP contribution in [0.4, 0.5) is 5.69 Å². The number of nitriles is 1. The van der Waals surface area contributed by atoms with E-state index < -0.39 is 0 Å². The number of nitrogens with one attached hydrogen (secondary N) is 1. The molecular weight excluding hydrogens is 212 g/mol. The van der Waals surface area contributed by atoms with Gasteiger partial charge in [-0.05, 0) is 31.2 Å². The maximum Gasteiger partial charge on any atom is 0.161 e. The van der Waals surface area contributed by atoms with E-state index >= 15 is 0 Å². The Hall–Kier alpha value is -2.28. The number of benzene rings is 1. The van der Waals surface area contributed by atoms with E-state index in [0.717, 1.165) is 22.8 Å². The van der Waals surface area contributed by atoms with Gasteiger partial charge < -0.3 is 9.88 Å². The van der Waals surface area contributed by atoms with Crippen molar-refractivity contribution in [2.24, 2.45) is 0 Å². The van der Waals surface area contributed by atoms with Crippen molar-refractivity contribution in [3.63, 3.8) is 0 Å². The predicted octanol–water partition coefficient (Wildman–Crippen LogP) is 2.32. The zero-order valence-electron chi connectivity index (χ0n) is 10.2. The van der Waals surface area contributed by atoms with Gasteiger partial charge >= 0.3 is 0 Å². The number of rotatable bonds is 2. The molecule has 1 aromatic heterocycles. The molecule has 0 aliphatic rings. The normalized spacial score (nSPS) is 10.0. The van der Waals surface area contributed by atoms with Gasteiger partial charge in [0, 0.05) is 25.3 Å². The van der Waals surface area contributed by atoms with Crippen LogP contribution >= 0.6 is 0 Å². The van der Waals surface area contributed by atoms with Gasteiger partial charge in [-0.3, -0.25) is 0 Å². The number of nitrogens with zero attached hydrogens (tertiary/aromatic N) is 3. The maximum absolute atomic E-state index is 8.86. The molecule has 0 aliphatic carbocycles. The minimum Gasteiger partial charge on any atom is -0.378 e. The van der Waals surface area contributed by atoms with Gasteiger partial charge in [-0.15, -0.1) is 0 Å². The number of aryl methyl sites for hydroxylation is 1. The van der Waals surface area contributed by atoms with Crippen LogP contribution in [0.3, 0.4) is 0 Å². The highest BCUT2D eigenvalue weighted by atomic mass is 15.1. The van der Waals surface area contributed by atoms with Gasteiger partial charge in [-0.1, -0.05) is 0 Å². The Bertz CT molecular complexity index is 558. The summed E-state index contributed by atoms with van der Waals surface area (Å²) in [7, 11) is 4.00. The number of aromatic amines is 1. The maximum atomic E-state index is 8.86.